The summed E-state index contributed by atoms with van der Waals surface area (Å²) in [5, 5.41) is 0. The first-order valence-corrected chi connectivity index (χ1v) is 6.13. The van der Waals surface area contributed by atoms with E-state index >= 15 is 0 Å². The minimum Gasteiger partial charge on any atom is -0.328 e. The third kappa shape index (κ3) is 1.33. The van der Waals surface area contributed by atoms with Crippen molar-refractivity contribution in [1.82, 2.24) is 4.90 Å². The summed E-state index contributed by atoms with van der Waals surface area (Å²) >= 11 is 6.41. The number of hydrogen-bond donors (Lipinski definition) is 1. The average Bonchev–Trinajstić information content (AvgIpc) is 2.30. The Bertz CT molecular complexity index is 445. The Morgan fingerprint density at radius 3 is 2.88 bits per heavy atom. The van der Waals surface area contributed by atoms with Crippen LogP contribution in [0.1, 0.15) is 30.8 Å². The molecule has 86 valence electrons. The molecule has 1 aromatic carbocycles. The second-order valence-corrected chi connectivity index (χ2v) is 5.46. The van der Waals surface area contributed by atoms with E-state index in [4.69, 9.17) is 18.7 Å². The molecule has 1 spiro atoms. The minimum atomic E-state index is -0.292. The van der Waals surface area contributed by atoms with Gasteiger partial charge < -0.3 is 5.73 Å². The molecule has 1 fully saturated rings. The molecule has 0 bridgehead atoms. The van der Waals surface area contributed by atoms with E-state index in [1.54, 1.807) is 0 Å². The lowest BCUT2D eigenvalue weighted by Crippen LogP contribution is -2.57. The van der Waals surface area contributed by atoms with Gasteiger partial charge in [0.05, 0.1) is 0 Å². The Hall–Kier alpha value is -0.570. The molecule has 3 heteroatoms. The number of nitrogens with zero attached hydrogens (tertiary/aromatic N) is 1. The molecule has 0 amide bonds. The molecule has 1 aliphatic heterocycles. The first kappa shape index (κ1) is 9.46. The van der Waals surface area contributed by atoms with Gasteiger partial charge in [-0.2, -0.15) is 0 Å². The van der Waals surface area contributed by atoms with Crippen molar-refractivity contribution in [3.63, 3.8) is 0 Å². The molecule has 2 aliphatic rings. The van der Waals surface area contributed by atoms with E-state index in [2.05, 4.69) is 12.1 Å². The third-order valence-electron chi connectivity index (χ3n) is 3.82. The van der Waals surface area contributed by atoms with Gasteiger partial charge in [0.25, 0.3) is 0 Å². The number of benzene rings is 1. The number of halogens is 1. The molecular weight excluding hydrogens is 220 g/mol. The average molecular weight is 238 g/mol. The van der Waals surface area contributed by atoms with Crippen LogP contribution in [0.2, 0.25) is 0 Å². The number of likely N-dealkylation sites (N-methyl/N-ethyl adjacent to an activating group) is 1. The summed E-state index contributed by atoms with van der Waals surface area (Å²) in [6.45, 7) is -0.292. The summed E-state index contributed by atoms with van der Waals surface area (Å²) in [6, 6.07) is 8.47. The van der Waals surface area contributed by atoms with Gasteiger partial charge in [0.2, 0.25) is 0 Å². The SMILES string of the molecule is [2H]C1N(C)C(Cl)c2ccccc2C12CC(N)C2. The Morgan fingerprint density at radius 1 is 1.50 bits per heavy atom. The smallest absolute Gasteiger partial charge is 0.111 e. The van der Waals surface area contributed by atoms with Gasteiger partial charge in [-0.3, -0.25) is 4.90 Å². The van der Waals surface area contributed by atoms with Crippen LogP contribution in [0.3, 0.4) is 0 Å². The van der Waals surface area contributed by atoms with Crippen LogP contribution < -0.4 is 5.73 Å². The fraction of sp³-hybridized carbons (Fsp3) is 0.538. The lowest BCUT2D eigenvalue weighted by atomic mass is 9.59. The highest BCUT2D eigenvalue weighted by molar-refractivity contribution is 6.20. The number of rotatable bonds is 0. The topological polar surface area (TPSA) is 29.3 Å². The maximum absolute atomic E-state index is 8.42. The second-order valence-electron chi connectivity index (χ2n) is 5.04. The van der Waals surface area contributed by atoms with E-state index in [1.165, 1.54) is 5.56 Å². The van der Waals surface area contributed by atoms with Gasteiger partial charge in [-0.15, -0.1) is 11.6 Å². The summed E-state index contributed by atoms with van der Waals surface area (Å²) in [4.78, 5) is 1.94. The Morgan fingerprint density at radius 2 is 2.19 bits per heavy atom. The lowest BCUT2D eigenvalue weighted by molar-refractivity contribution is 0.110. The molecule has 1 aromatic rings. The highest BCUT2D eigenvalue weighted by Crippen LogP contribution is 2.50. The van der Waals surface area contributed by atoms with Crippen LogP contribution in [0.4, 0.5) is 0 Å². The quantitative estimate of drug-likeness (QED) is 0.554. The molecule has 1 heterocycles. The lowest BCUT2D eigenvalue weighted by Gasteiger charge is -2.53. The van der Waals surface area contributed by atoms with E-state index in [1.807, 2.05) is 24.1 Å². The molecule has 1 saturated carbocycles. The summed E-state index contributed by atoms with van der Waals surface area (Å²) in [5.74, 6) is 0. The van der Waals surface area contributed by atoms with Crippen molar-refractivity contribution in [3.8, 4) is 0 Å². The van der Waals surface area contributed by atoms with Crippen LogP contribution >= 0.6 is 11.6 Å². The van der Waals surface area contributed by atoms with Crippen molar-refractivity contribution in [2.24, 2.45) is 5.73 Å². The van der Waals surface area contributed by atoms with Crippen LogP contribution in [0, 0.1) is 0 Å². The summed E-state index contributed by atoms with van der Waals surface area (Å²) in [6.07, 6.45) is 1.79. The van der Waals surface area contributed by atoms with Gasteiger partial charge in [0.1, 0.15) is 5.50 Å². The van der Waals surface area contributed by atoms with E-state index in [-0.39, 0.29) is 23.5 Å². The Labute approximate surface area is 103 Å². The van der Waals surface area contributed by atoms with Crippen molar-refractivity contribution < 1.29 is 1.37 Å². The molecule has 0 aromatic heterocycles. The van der Waals surface area contributed by atoms with E-state index in [0.29, 0.717) is 0 Å². The van der Waals surface area contributed by atoms with Crippen molar-refractivity contribution in [3.05, 3.63) is 35.4 Å². The molecule has 2 unspecified atom stereocenters. The van der Waals surface area contributed by atoms with Gasteiger partial charge in [-0.05, 0) is 31.0 Å². The molecule has 2 nitrogen and oxygen atoms in total. The van der Waals surface area contributed by atoms with Crippen LogP contribution in [-0.4, -0.2) is 24.5 Å². The summed E-state index contributed by atoms with van der Waals surface area (Å²) < 4.78 is 8.42. The second kappa shape index (κ2) is 3.46. The van der Waals surface area contributed by atoms with E-state index < -0.39 is 0 Å². The standard InChI is InChI=1S/C13H17ClN2/c1-16-8-13(6-9(15)7-13)11-5-3-2-4-10(11)12(16)14/h2-5,9,12H,6-8,15H2,1H3/i8D. The van der Waals surface area contributed by atoms with Crippen molar-refractivity contribution in [2.45, 2.75) is 29.8 Å². The number of alkyl halides is 1. The van der Waals surface area contributed by atoms with E-state index in [0.717, 1.165) is 18.4 Å². The first-order chi connectivity index (χ1) is 8.06. The van der Waals surface area contributed by atoms with Gasteiger partial charge in [0, 0.05) is 19.3 Å². The fourth-order valence-electron chi connectivity index (χ4n) is 3.10. The fourth-order valence-corrected chi connectivity index (χ4v) is 3.35. The molecule has 0 radical (unpaired) electrons. The molecular formula is C13H17ClN2. The van der Waals surface area contributed by atoms with Gasteiger partial charge in [0.15, 0.2) is 0 Å². The highest BCUT2D eigenvalue weighted by atomic mass is 35.5. The van der Waals surface area contributed by atoms with Crippen LogP contribution in [0.25, 0.3) is 0 Å². The maximum atomic E-state index is 8.42. The maximum Gasteiger partial charge on any atom is 0.111 e. The highest BCUT2D eigenvalue weighted by Gasteiger charge is 2.49. The van der Waals surface area contributed by atoms with Crippen LogP contribution in [0.5, 0.6) is 0 Å². The van der Waals surface area contributed by atoms with Crippen molar-refractivity contribution >= 4 is 11.6 Å². The number of fused-ring (bicyclic) bond motifs is 2. The number of hydrogen-bond acceptors (Lipinski definition) is 2. The molecule has 16 heavy (non-hydrogen) atoms. The van der Waals surface area contributed by atoms with E-state index in [9.17, 15) is 0 Å². The molecule has 0 saturated heterocycles. The molecule has 2 N–H and O–H groups in total. The van der Waals surface area contributed by atoms with Crippen molar-refractivity contribution in [1.29, 1.82) is 0 Å². The molecule has 1 aliphatic carbocycles. The zero-order chi connectivity index (χ0) is 12.2. The zero-order valence-electron chi connectivity index (χ0n) is 10.4. The summed E-state index contributed by atoms with van der Waals surface area (Å²) in [7, 11) is 1.93. The Kier molecular flexibility index (Phi) is 2.05. The van der Waals surface area contributed by atoms with Crippen LogP contribution in [0.15, 0.2) is 24.3 Å². The van der Waals surface area contributed by atoms with Gasteiger partial charge >= 0.3 is 0 Å². The molecule has 2 atom stereocenters. The van der Waals surface area contributed by atoms with Crippen molar-refractivity contribution in [2.75, 3.05) is 13.6 Å². The minimum absolute atomic E-state index is 0.101. The van der Waals surface area contributed by atoms with Gasteiger partial charge in [-0.25, -0.2) is 0 Å². The predicted molar refractivity (Wildman–Crippen MR) is 66.6 cm³/mol. The normalized spacial score (nSPS) is 43.7. The Balaban J connectivity index is 2.13. The van der Waals surface area contributed by atoms with Gasteiger partial charge in [-0.1, -0.05) is 24.3 Å². The monoisotopic (exact) mass is 237 g/mol. The zero-order valence-corrected chi connectivity index (χ0v) is 10.1. The first-order valence-electron chi connectivity index (χ1n) is 6.27. The predicted octanol–water partition coefficient (Wildman–Crippen LogP) is 2.23. The summed E-state index contributed by atoms with van der Waals surface area (Å²) in [5.41, 5.74) is 8.03. The largest absolute Gasteiger partial charge is 0.328 e. The third-order valence-corrected chi connectivity index (χ3v) is 4.36. The number of nitrogens with two attached hydrogens (primary N) is 1. The molecule has 3 rings (SSSR count). The van der Waals surface area contributed by atoms with Crippen LogP contribution in [-0.2, 0) is 5.41 Å².